The molecule has 0 heterocycles. The van der Waals surface area contributed by atoms with E-state index >= 15 is 0 Å². The van der Waals surface area contributed by atoms with Crippen LogP contribution >= 0.6 is 15.9 Å². The van der Waals surface area contributed by atoms with Gasteiger partial charge in [-0.25, -0.2) is 0 Å². The number of halogens is 1. The van der Waals surface area contributed by atoms with Crippen LogP contribution in [0.4, 0.5) is 0 Å². The van der Waals surface area contributed by atoms with Crippen LogP contribution in [0.5, 0.6) is 0 Å². The molecule has 0 bridgehead atoms. The van der Waals surface area contributed by atoms with Gasteiger partial charge in [0.1, 0.15) is 0 Å². The number of hydrogen-bond donors (Lipinski definition) is 0. The lowest BCUT2D eigenvalue weighted by atomic mass is 10.1. The van der Waals surface area contributed by atoms with Crippen molar-refractivity contribution >= 4 is 15.9 Å². The van der Waals surface area contributed by atoms with E-state index in [4.69, 9.17) is 0 Å². The van der Waals surface area contributed by atoms with Gasteiger partial charge < -0.3 is 4.90 Å². The standard InChI is InChI=1S/C10H20BrN/c1-3-9(7-11)8-12(4-2)10-5-6-10/h9-10H,3-8H2,1-2H3. The van der Waals surface area contributed by atoms with E-state index in [1.807, 2.05) is 0 Å². The van der Waals surface area contributed by atoms with Gasteiger partial charge in [0, 0.05) is 17.9 Å². The molecule has 12 heavy (non-hydrogen) atoms. The highest BCUT2D eigenvalue weighted by atomic mass is 79.9. The van der Waals surface area contributed by atoms with Crippen LogP contribution in [0.3, 0.4) is 0 Å². The Balaban J connectivity index is 2.24. The Morgan fingerprint density at radius 3 is 2.42 bits per heavy atom. The largest absolute Gasteiger partial charge is 0.300 e. The summed E-state index contributed by atoms with van der Waals surface area (Å²) in [6.07, 6.45) is 4.17. The minimum atomic E-state index is 0.852. The van der Waals surface area contributed by atoms with Gasteiger partial charge in [-0.3, -0.25) is 0 Å². The minimum absolute atomic E-state index is 0.852. The molecule has 1 nitrogen and oxygen atoms in total. The predicted octanol–water partition coefficient (Wildman–Crippen LogP) is 2.89. The molecule has 1 rings (SSSR count). The molecule has 0 amide bonds. The first-order valence-corrected chi connectivity index (χ1v) is 6.23. The molecular weight excluding hydrogens is 214 g/mol. The van der Waals surface area contributed by atoms with Crippen molar-refractivity contribution < 1.29 is 0 Å². The highest BCUT2D eigenvalue weighted by molar-refractivity contribution is 9.09. The van der Waals surface area contributed by atoms with E-state index in [1.54, 1.807) is 0 Å². The van der Waals surface area contributed by atoms with E-state index in [-0.39, 0.29) is 0 Å². The number of hydrogen-bond acceptors (Lipinski definition) is 1. The molecule has 0 aromatic carbocycles. The predicted molar refractivity (Wildman–Crippen MR) is 57.8 cm³/mol. The first kappa shape index (κ1) is 10.5. The van der Waals surface area contributed by atoms with Crippen LogP contribution in [0.15, 0.2) is 0 Å². The fourth-order valence-electron chi connectivity index (χ4n) is 1.59. The van der Waals surface area contributed by atoms with Crippen LogP contribution in [0.2, 0.25) is 0 Å². The second-order valence-corrected chi connectivity index (χ2v) is 4.39. The molecule has 0 N–H and O–H groups in total. The van der Waals surface area contributed by atoms with Crippen molar-refractivity contribution in [2.75, 3.05) is 18.4 Å². The average Bonchev–Trinajstić information content (AvgIpc) is 2.90. The van der Waals surface area contributed by atoms with E-state index in [0.717, 1.165) is 17.3 Å². The molecule has 0 aromatic heterocycles. The van der Waals surface area contributed by atoms with Crippen LogP contribution in [0.25, 0.3) is 0 Å². The number of nitrogens with zero attached hydrogens (tertiary/aromatic N) is 1. The molecule has 1 aliphatic carbocycles. The zero-order chi connectivity index (χ0) is 8.97. The van der Waals surface area contributed by atoms with E-state index in [1.165, 1.54) is 32.4 Å². The summed E-state index contributed by atoms with van der Waals surface area (Å²) >= 11 is 3.58. The monoisotopic (exact) mass is 233 g/mol. The summed E-state index contributed by atoms with van der Waals surface area (Å²) in [5, 5.41) is 1.16. The zero-order valence-electron chi connectivity index (χ0n) is 8.22. The Morgan fingerprint density at radius 2 is 2.08 bits per heavy atom. The SMILES string of the molecule is CCC(CBr)CN(CC)C1CC1. The smallest absolute Gasteiger partial charge is 0.00964 e. The molecule has 0 saturated heterocycles. The van der Waals surface area contributed by atoms with Crippen molar-refractivity contribution in [2.45, 2.75) is 39.2 Å². The molecule has 0 spiro atoms. The van der Waals surface area contributed by atoms with Crippen molar-refractivity contribution in [3.63, 3.8) is 0 Å². The van der Waals surface area contributed by atoms with E-state index < -0.39 is 0 Å². The molecule has 1 fully saturated rings. The van der Waals surface area contributed by atoms with E-state index in [2.05, 4.69) is 34.7 Å². The summed E-state index contributed by atoms with van der Waals surface area (Å²) in [5.41, 5.74) is 0. The Kier molecular flexibility index (Phi) is 4.59. The van der Waals surface area contributed by atoms with E-state index in [0.29, 0.717) is 0 Å². The first-order valence-electron chi connectivity index (χ1n) is 5.11. The molecule has 1 aliphatic rings. The third-order valence-corrected chi connectivity index (χ3v) is 3.67. The van der Waals surface area contributed by atoms with Crippen LogP contribution in [-0.2, 0) is 0 Å². The van der Waals surface area contributed by atoms with Gasteiger partial charge in [-0.1, -0.05) is 36.2 Å². The fraction of sp³-hybridized carbons (Fsp3) is 1.00. The van der Waals surface area contributed by atoms with Gasteiger partial charge in [-0.05, 0) is 25.3 Å². The quantitative estimate of drug-likeness (QED) is 0.639. The van der Waals surface area contributed by atoms with Crippen molar-refractivity contribution in [1.29, 1.82) is 0 Å². The average molecular weight is 234 g/mol. The van der Waals surface area contributed by atoms with Gasteiger partial charge in [0.05, 0.1) is 0 Å². The lowest BCUT2D eigenvalue weighted by molar-refractivity contribution is 0.239. The minimum Gasteiger partial charge on any atom is -0.300 e. The second kappa shape index (κ2) is 5.23. The molecule has 0 aromatic rings. The van der Waals surface area contributed by atoms with Crippen LogP contribution in [0.1, 0.15) is 33.1 Å². The lowest BCUT2D eigenvalue weighted by Crippen LogP contribution is -2.31. The molecule has 1 atom stereocenters. The zero-order valence-corrected chi connectivity index (χ0v) is 9.81. The van der Waals surface area contributed by atoms with Gasteiger partial charge in [-0.15, -0.1) is 0 Å². The summed E-state index contributed by atoms with van der Waals surface area (Å²) in [6, 6.07) is 0.933. The Bertz CT molecular complexity index is 119. The third kappa shape index (κ3) is 3.06. The molecule has 0 aliphatic heterocycles. The van der Waals surface area contributed by atoms with Gasteiger partial charge in [0.15, 0.2) is 0 Å². The highest BCUT2D eigenvalue weighted by Crippen LogP contribution is 2.27. The second-order valence-electron chi connectivity index (χ2n) is 3.75. The van der Waals surface area contributed by atoms with E-state index in [9.17, 15) is 0 Å². The summed E-state index contributed by atoms with van der Waals surface area (Å²) in [4.78, 5) is 2.63. The van der Waals surface area contributed by atoms with Crippen molar-refractivity contribution in [3.8, 4) is 0 Å². The van der Waals surface area contributed by atoms with Crippen molar-refractivity contribution in [3.05, 3.63) is 0 Å². The topological polar surface area (TPSA) is 3.24 Å². The number of alkyl halides is 1. The molecule has 1 saturated carbocycles. The molecular formula is C10H20BrN. The van der Waals surface area contributed by atoms with Gasteiger partial charge >= 0.3 is 0 Å². The molecule has 2 heteroatoms. The normalized spacial score (nSPS) is 20.0. The van der Waals surface area contributed by atoms with Gasteiger partial charge in [0.2, 0.25) is 0 Å². The van der Waals surface area contributed by atoms with Crippen LogP contribution in [0, 0.1) is 5.92 Å². The lowest BCUT2D eigenvalue weighted by Gasteiger charge is -2.24. The Hall–Kier alpha value is 0.440. The molecule has 0 radical (unpaired) electrons. The summed E-state index contributed by atoms with van der Waals surface area (Å²) in [6.45, 7) is 7.09. The van der Waals surface area contributed by atoms with Gasteiger partial charge in [-0.2, -0.15) is 0 Å². The van der Waals surface area contributed by atoms with Crippen molar-refractivity contribution in [1.82, 2.24) is 4.90 Å². The van der Waals surface area contributed by atoms with Crippen LogP contribution in [-0.4, -0.2) is 29.4 Å². The summed E-state index contributed by atoms with van der Waals surface area (Å²) < 4.78 is 0. The maximum absolute atomic E-state index is 3.58. The van der Waals surface area contributed by atoms with Gasteiger partial charge in [0.25, 0.3) is 0 Å². The summed E-state index contributed by atoms with van der Waals surface area (Å²) in [7, 11) is 0. The highest BCUT2D eigenvalue weighted by Gasteiger charge is 2.28. The maximum atomic E-state index is 3.58. The third-order valence-electron chi connectivity index (χ3n) is 2.76. The molecule has 1 unspecified atom stereocenters. The molecule has 72 valence electrons. The summed E-state index contributed by atoms with van der Waals surface area (Å²) in [5.74, 6) is 0.852. The van der Waals surface area contributed by atoms with Crippen molar-refractivity contribution in [2.24, 2.45) is 5.92 Å². The first-order chi connectivity index (χ1) is 5.81. The Labute approximate surface area is 84.6 Å². The fourth-order valence-corrected chi connectivity index (χ4v) is 2.26. The number of rotatable bonds is 6. The Morgan fingerprint density at radius 1 is 1.42 bits per heavy atom. The maximum Gasteiger partial charge on any atom is 0.00964 e. The van der Waals surface area contributed by atoms with Crippen LogP contribution < -0.4 is 0 Å².